The van der Waals surface area contributed by atoms with Crippen molar-refractivity contribution in [2.75, 3.05) is 13.2 Å². The summed E-state index contributed by atoms with van der Waals surface area (Å²) in [4.78, 5) is 4.76. The molecule has 0 bridgehead atoms. The summed E-state index contributed by atoms with van der Waals surface area (Å²) in [6.45, 7) is 1.75. The fourth-order valence-electron chi connectivity index (χ4n) is 2.48. The van der Waals surface area contributed by atoms with Gasteiger partial charge in [-0.3, -0.25) is 0 Å². The molecule has 2 nitrogen and oxygen atoms in total. The Bertz CT molecular complexity index is 502. The molecule has 0 aliphatic carbocycles. The monoisotopic (exact) mass is 273 g/mol. The summed E-state index contributed by atoms with van der Waals surface area (Å²) in [6.07, 6.45) is 4.54. The molecule has 2 heterocycles. The molecule has 1 unspecified atom stereocenters. The number of ether oxygens (including phenoxy) is 1. The van der Waals surface area contributed by atoms with Crippen LogP contribution in [0, 0.1) is 0 Å². The molecule has 1 saturated heterocycles. The number of benzene rings is 1. The number of hydrogen-bond acceptors (Lipinski definition) is 3. The predicted molar refractivity (Wildman–Crippen MR) is 78.8 cm³/mol. The predicted octanol–water partition coefficient (Wildman–Crippen LogP) is 3.82. The number of nitrogens with zero attached hydrogens (tertiary/aromatic N) is 1. The van der Waals surface area contributed by atoms with Gasteiger partial charge in [0.1, 0.15) is 0 Å². The number of rotatable bonds is 5. The molecule has 0 N–H and O–H groups in total. The van der Waals surface area contributed by atoms with Crippen LogP contribution < -0.4 is 0 Å². The lowest BCUT2D eigenvalue weighted by Gasteiger charge is -2.02. The molecular formula is C16H19NOS. The lowest BCUT2D eigenvalue weighted by molar-refractivity contribution is 0.193. The van der Waals surface area contributed by atoms with Gasteiger partial charge in [0.25, 0.3) is 0 Å². The van der Waals surface area contributed by atoms with Gasteiger partial charge in [0.2, 0.25) is 0 Å². The van der Waals surface area contributed by atoms with Crippen LogP contribution in [0.4, 0.5) is 0 Å². The second kappa shape index (κ2) is 6.31. The molecule has 1 aromatic heterocycles. The van der Waals surface area contributed by atoms with E-state index in [1.165, 1.54) is 22.7 Å². The van der Waals surface area contributed by atoms with E-state index in [-0.39, 0.29) is 0 Å². The van der Waals surface area contributed by atoms with Gasteiger partial charge in [-0.05, 0) is 31.2 Å². The van der Waals surface area contributed by atoms with Crippen molar-refractivity contribution in [1.82, 2.24) is 4.98 Å². The highest BCUT2D eigenvalue weighted by Gasteiger charge is 2.20. The molecule has 0 spiro atoms. The van der Waals surface area contributed by atoms with Crippen molar-refractivity contribution in [3.8, 4) is 0 Å². The quantitative estimate of drug-likeness (QED) is 0.826. The number of hydrogen-bond donors (Lipinski definition) is 0. The van der Waals surface area contributed by atoms with Crippen LogP contribution in [-0.2, 0) is 17.6 Å². The van der Waals surface area contributed by atoms with Crippen molar-refractivity contribution in [3.63, 3.8) is 0 Å². The zero-order chi connectivity index (χ0) is 12.9. The SMILES string of the molecule is c1ccc(CCCc2nc(C3CCOC3)cs2)cc1. The van der Waals surface area contributed by atoms with E-state index in [0.717, 1.165) is 32.5 Å². The van der Waals surface area contributed by atoms with Crippen LogP contribution in [0.15, 0.2) is 35.7 Å². The maximum atomic E-state index is 5.42. The molecule has 0 amide bonds. The Morgan fingerprint density at radius 1 is 1.21 bits per heavy atom. The minimum atomic E-state index is 0.541. The van der Waals surface area contributed by atoms with Crippen molar-refractivity contribution in [3.05, 3.63) is 52.0 Å². The third-order valence-electron chi connectivity index (χ3n) is 3.62. The average molecular weight is 273 g/mol. The molecule has 0 saturated carbocycles. The number of aromatic nitrogens is 1. The first-order valence-electron chi connectivity index (χ1n) is 6.98. The van der Waals surface area contributed by atoms with Gasteiger partial charge in [0.15, 0.2) is 0 Å². The van der Waals surface area contributed by atoms with E-state index in [9.17, 15) is 0 Å². The van der Waals surface area contributed by atoms with Gasteiger partial charge in [-0.1, -0.05) is 30.3 Å². The summed E-state index contributed by atoms with van der Waals surface area (Å²) in [5.41, 5.74) is 2.67. The van der Waals surface area contributed by atoms with E-state index in [1.54, 1.807) is 11.3 Å². The molecule has 1 fully saturated rings. The Kier molecular flexibility index (Phi) is 4.26. The summed E-state index contributed by atoms with van der Waals surface area (Å²) in [5.74, 6) is 0.541. The molecule has 3 rings (SSSR count). The first kappa shape index (κ1) is 12.8. The standard InChI is InChI=1S/C16H19NOS/c1-2-5-13(6-3-1)7-4-8-16-17-15(12-19-16)14-9-10-18-11-14/h1-3,5-6,12,14H,4,7-11H2. The van der Waals surface area contributed by atoms with Crippen molar-refractivity contribution in [2.24, 2.45) is 0 Å². The van der Waals surface area contributed by atoms with Crippen LogP contribution in [0.1, 0.15) is 35.0 Å². The Balaban J connectivity index is 1.50. The lowest BCUT2D eigenvalue weighted by atomic mass is 10.1. The first-order chi connectivity index (χ1) is 9.42. The van der Waals surface area contributed by atoms with Crippen LogP contribution in [0.5, 0.6) is 0 Å². The largest absolute Gasteiger partial charge is 0.381 e. The molecule has 3 heteroatoms. The van der Waals surface area contributed by atoms with Crippen LogP contribution >= 0.6 is 11.3 Å². The Hall–Kier alpha value is -1.19. The number of thiazole rings is 1. The van der Waals surface area contributed by atoms with Crippen molar-refractivity contribution in [2.45, 2.75) is 31.6 Å². The van der Waals surface area contributed by atoms with Gasteiger partial charge in [0.05, 0.1) is 17.3 Å². The number of aryl methyl sites for hydroxylation is 2. The summed E-state index contributed by atoms with van der Waals surface area (Å²) in [7, 11) is 0. The van der Waals surface area contributed by atoms with Gasteiger partial charge in [-0.2, -0.15) is 0 Å². The molecule has 2 aromatic rings. The molecule has 19 heavy (non-hydrogen) atoms. The van der Waals surface area contributed by atoms with E-state index in [2.05, 4.69) is 35.7 Å². The van der Waals surface area contributed by atoms with Gasteiger partial charge >= 0.3 is 0 Å². The fraction of sp³-hybridized carbons (Fsp3) is 0.438. The Morgan fingerprint density at radius 3 is 2.89 bits per heavy atom. The highest BCUT2D eigenvalue weighted by molar-refractivity contribution is 7.09. The van der Waals surface area contributed by atoms with Gasteiger partial charge in [-0.15, -0.1) is 11.3 Å². The molecule has 1 aliphatic rings. The van der Waals surface area contributed by atoms with Crippen molar-refractivity contribution >= 4 is 11.3 Å². The van der Waals surface area contributed by atoms with Crippen molar-refractivity contribution < 1.29 is 4.74 Å². The molecular weight excluding hydrogens is 254 g/mol. The minimum absolute atomic E-state index is 0.541. The van der Waals surface area contributed by atoms with E-state index < -0.39 is 0 Å². The highest BCUT2D eigenvalue weighted by atomic mass is 32.1. The topological polar surface area (TPSA) is 22.1 Å². The second-order valence-corrected chi connectivity index (χ2v) is 6.01. The van der Waals surface area contributed by atoms with E-state index >= 15 is 0 Å². The second-order valence-electron chi connectivity index (χ2n) is 5.07. The fourth-order valence-corrected chi connectivity index (χ4v) is 3.41. The molecule has 1 aromatic carbocycles. The first-order valence-corrected chi connectivity index (χ1v) is 7.86. The molecule has 100 valence electrons. The van der Waals surface area contributed by atoms with E-state index in [0.29, 0.717) is 5.92 Å². The van der Waals surface area contributed by atoms with Crippen LogP contribution in [-0.4, -0.2) is 18.2 Å². The minimum Gasteiger partial charge on any atom is -0.381 e. The van der Waals surface area contributed by atoms with E-state index in [1.807, 2.05) is 0 Å². The summed E-state index contributed by atoms with van der Waals surface area (Å²) in [6, 6.07) is 10.7. The third kappa shape index (κ3) is 3.43. The summed E-state index contributed by atoms with van der Waals surface area (Å²) in [5, 5.41) is 3.50. The van der Waals surface area contributed by atoms with Crippen LogP contribution in [0.3, 0.4) is 0 Å². The molecule has 0 radical (unpaired) electrons. The summed E-state index contributed by atoms with van der Waals surface area (Å²) < 4.78 is 5.42. The molecule has 1 atom stereocenters. The van der Waals surface area contributed by atoms with Gasteiger partial charge < -0.3 is 4.74 Å². The van der Waals surface area contributed by atoms with Crippen molar-refractivity contribution in [1.29, 1.82) is 0 Å². The van der Waals surface area contributed by atoms with Gasteiger partial charge in [0, 0.05) is 17.9 Å². The Morgan fingerprint density at radius 2 is 2.11 bits per heavy atom. The lowest BCUT2D eigenvalue weighted by Crippen LogP contribution is -1.98. The maximum absolute atomic E-state index is 5.42. The highest BCUT2D eigenvalue weighted by Crippen LogP contribution is 2.26. The smallest absolute Gasteiger partial charge is 0.0928 e. The zero-order valence-electron chi connectivity index (χ0n) is 11.0. The van der Waals surface area contributed by atoms with Crippen LogP contribution in [0.2, 0.25) is 0 Å². The maximum Gasteiger partial charge on any atom is 0.0928 e. The summed E-state index contributed by atoms with van der Waals surface area (Å²) >= 11 is 1.80. The average Bonchev–Trinajstić information content (AvgIpc) is 3.10. The zero-order valence-corrected chi connectivity index (χ0v) is 11.9. The van der Waals surface area contributed by atoms with Crippen LogP contribution in [0.25, 0.3) is 0 Å². The normalized spacial score (nSPS) is 18.8. The van der Waals surface area contributed by atoms with Gasteiger partial charge in [-0.25, -0.2) is 4.98 Å². The third-order valence-corrected chi connectivity index (χ3v) is 4.54. The Labute approximate surface area is 118 Å². The molecule has 1 aliphatic heterocycles. The van der Waals surface area contributed by atoms with E-state index in [4.69, 9.17) is 9.72 Å².